The molecule has 5 aliphatic heterocycles. The Morgan fingerprint density at radius 1 is 1.07 bits per heavy atom. The Morgan fingerprint density at radius 2 is 1.91 bits per heavy atom. The number of ether oxygens (including phenoxy) is 2. The van der Waals surface area contributed by atoms with Gasteiger partial charge in [-0.15, -0.1) is 0 Å². The minimum atomic E-state index is -1.11. The number of nitrogens with zero attached hydrogens (tertiary/aromatic N) is 1. The first-order valence-corrected chi connectivity index (χ1v) is 27.3. The van der Waals surface area contributed by atoms with Gasteiger partial charge in [0.1, 0.15) is 23.7 Å². The number of hydrogen-bond donors (Lipinski definition) is 7. The monoisotopic (exact) mass is 954 g/mol. The normalized spacial score (nSPS) is 30.2. The Labute approximate surface area is 406 Å². The van der Waals surface area contributed by atoms with Gasteiger partial charge in [-0.2, -0.15) is 0 Å². The van der Waals surface area contributed by atoms with E-state index in [2.05, 4.69) is 82.5 Å². The molecule has 8 N–H and O–H groups in total. The minimum Gasteiger partial charge on any atom is -0.508 e. The number of aliphatic hydroxyl groups excluding tert-OH is 3. The third kappa shape index (κ3) is 7.81. The average molecular weight is 955 g/mol. The molecule has 1 fully saturated rings. The first-order chi connectivity index (χ1) is 33.0. The molecule has 1 saturated carbocycles. The summed E-state index contributed by atoms with van der Waals surface area (Å²) < 4.78 is 16.0. The van der Waals surface area contributed by atoms with Crippen LogP contribution in [0, 0.1) is 53.0 Å². The highest BCUT2D eigenvalue weighted by atomic mass is 33.1. The number of phenols is 1. The number of hydrogen-bond acceptors (Lipinski definition) is 11. The van der Waals surface area contributed by atoms with Gasteiger partial charge in [0.15, 0.2) is 17.7 Å². The number of rotatable bonds is 10. The lowest BCUT2D eigenvalue weighted by Crippen LogP contribution is -2.50. The van der Waals surface area contributed by atoms with Gasteiger partial charge in [-0.3, -0.25) is 10.1 Å². The summed E-state index contributed by atoms with van der Waals surface area (Å²) in [6, 6.07) is 5.66. The van der Waals surface area contributed by atoms with Crippen LogP contribution in [0.15, 0.2) is 61.1 Å². The van der Waals surface area contributed by atoms with Gasteiger partial charge in [0.05, 0.1) is 35.2 Å². The highest BCUT2D eigenvalue weighted by molar-refractivity contribution is 8.76. The number of allylic oxidation sites excluding steroid dienone is 2. The van der Waals surface area contributed by atoms with Crippen LogP contribution in [-0.4, -0.2) is 60.3 Å². The lowest BCUT2D eigenvalue weighted by molar-refractivity contribution is -0.129. The quantitative estimate of drug-likeness (QED) is 0.0350. The molecule has 68 heavy (non-hydrogen) atoms. The highest BCUT2D eigenvalue weighted by Gasteiger charge is 2.49. The largest absolute Gasteiger partial charge is 0.508 e. The maximum absolute atomic E-state index is 14.6. The van der Waals surface area contributed by atoms with Crippen LogP contribution >= 0.6 is 21.6 Å². The van der Waals surface area contributed by atoms with Crippen LogP contribution < -0.4 is 20.5 Å². The van der Waals surface area contributed by atoms with Crippen LogP contribution in [0.3, 0.4) is 0 Å². The maximum atomic E-state index is 14.6. The second kappa shape index (κ2) is 18.3. The van der Waals surface area contributed by atoms with Crippen molar-refractivity contribution in [1.82, 2.24) is 14.9 Å². The molecular formula is C55H62N4O7S2. The highest BCUT2D eigenvalue weighted by Crippen LogP contribution is 2.55. The Kier molecular flexibility index (Phi) is 12.3. The van der Waals surface area contributed by atoms with Crippen molar-refractivity contribution >= 4 is 38.3 Å². The number of phenolic OH excluding ortho intramolecular Hbond substituents is 1. The molecule has 4 aromatic rings. The van der Waals surface area contributed by atoms with E-state index < -0.39 is 53.1 Å². The number of fused-ring (bicyclic) bond motifs is 4. The van der Waals surface area contributed by atoms with E-state index >= 15 is 0 Å². The standard InChI is InChI=1S/C55H62N4O7S2/c1-3-4-5-8-35(50(64)36-10-9-31(2)23-45(36)62)44(61)15-13-32-40-28-67-68-30-55-20-17-33-38-25-57-42-27-59(26-39(38)42)53-41(14-16-43(60)34-11-12-37(49(55)48(33)34)52(56)58-29-55)54(18-6-7-19-54)21-22-65-47(24-46(32)63)51(40)66-53/h9-12,17,20,24-27,31,33,35-36,41,43,45,50,52-53,57-58,60,62-64H,3-8,13,15,18-19,23,28-30,56H2,1-2H3/t31-,33-,35-,36-,41-,43+,45-,50+,52+,53+,55+/m1/s1. The molecule has 11 atom stereocenters. The van der Waals surface area contributed by atoms with E-state index in [0.717, 1.165) is 83.7 Å². The molecule has 356 valence electrons. The minimum absolute atomic E-state index is 0.0183. The molecule has 7 heterocycles. The van der Waals surface area contributed by atoms with Crippen LogP contribution in [0.2, 0.25) is 0 Å². The molecule has 8 aliphatic rings. The summed E-state index contributed by atoms with van der Waals surface area (Å²) in [5.74, 6) is 10.6. The van der Waals surface area contributed by atoms with Crippen LogP contribution in [-0.2, 0) is 22.4 Å². The fourth-order valence-electron chi connectivity index (χ4n) is 12.6. The lowest BCUT2D eigenvalue weighted by atomic mass is 9.65. The van der Waals surface area contributed by atoms with Crippen molar-refractivity contribution in [1.29, 1.82) is 0 Å². The van der Waals surface area contributed by atoms with Gasteiger partial charge in [0, 0.05) is 88.8 Å². The number of aliphatic hydroxyl groups is 3. The van der Waals surface area contributed by atoms with E-state index in [0.29, 0.717) is 47.8 Å². The van der Waals surface area contributed by atoms with E-state index in [-0.39, 0.29) is 48.1 Å². The zero-order chi connectivity index (χ0) is 46.9. The van der Waals surface area contributed by atoms with E-state index in [1.165, 1.54) is 0 Å². The number of nitrogens with one attached hydrogen (secondary N) is 2. The number of carbonyl (C=O) groups excluding carboxylic acids is 1. The first kappa shape index (κ1) is 45.8. The van der Waals surface area contributed by atoms with E-state index in [1.54, 1.807) is 27.7 Å². The zero-order valence-corrected chi connectivity index (χ0v) is 40.4. The van der Waals surface area contributed by atoms with Crippen molar-refractivity contribution in [3.8, 4) is 41.1 Å². The van der Waals surface area contributed by atoms with Gasteiger partial charge >= 0.3 is 0 Å². The summed E-state index contributed by atoms with van der Waals surface area (Å²) in [5.41, 5.74) is 13.1. The molecule has 3 aliphatic carbocycles. The van der Waals surface area contributed by atoms with Crippen molar-refractivity contribution in [2.45, 2.75) is 132 Å². The van der Waals surface area contributed by atoms with E-state index in [1.807, 2.05) is 25.1 Å². The molecule has 11 nitrogen and oxygen atoms in total. The van der Waals surface area contributed by atoms with Gasteiger partial charge in [-0.1, -0.05) is 122 Å². The Bertz CT molecular complexity index is 2820. The number of unbranched alkanes of at least 4 members (excludes halogenated alkanes) is 2. The Morgan fingerprint density at radius 3 is 2.74 bits per heavy atom. The summed E-state index contributed by atoms with van der Waals surface area (Å²) in [7, 11) is 3.38. The summed E-state index contributed by atoms with van der Waals surface area (Å²) in [4.78, 5) is 18.2. The number of nitrogens with two attached hydrogens (primary N) is 1. The number of aromatic hydroxyl groups is 1. The summed E-state index contributed by atoms with van der Waals surface area (Å²) in [6.45, 7) is 4.76. The molecule has 2 aromatic carbocycles. The lowest BCUT2D eigenvalue weighted by Gasteiger charge is -2.45. The van der Waals surface area contributed by atoms with Gasteiger partial charge < -0.3 is 45.2 Å². The molecule has 13 heteroatoms. The van der Waals surface area contributed by atoms with Crippen molar-refractivity contribution in [3.05, 3.63) is 100 Å². The van der Waals surface area contributed by atoms with Crippen molar-refractivity contribution in [3.63, 3.8) is 0 Å². The fraction of sp³-hybridized carbons (Fsp3) is 0.509. The number of aromatic nitrogens is 2. The van der Waals surface area contributed by atoms with Crippen molar-refractivity contribution < 1.29 is 34.7 Å². The van der Waals surface area contributed by atoms with Crippen LogP contribution in [0.5, 0.6) is 17.2 Å². The third-order valence-corrected chi connectivity index (χ3v) is 18.8. The molecule has 0 saturated heterocycles. The summed E-state index contributed by atoms with van der Waals surface area (Å²) in [5, 5.41) is 52.2. The Balaban J connectivity index is 1.07. The predicted octanol–water partition coefficient (Wildman–Crippen LogP) is 8.86. The smallest absolute Gasteiger partial charge is 0.191 e. The van der Waals surface area contributed by atoms with E-state index in [9.17, 15) is 25.2 Å². The summed E-state index contributed by atoms with van der Waals surface area (Å²) >= 11 is 0. The second-order valence-corrected chi connectivity index (χ2v) is 23.0. The SMILES string of the molecule is CCCCC[C@H](C(=O)CCc1c(O)cc2c3c1CSSC[C@@]14C=C[C@H]5c6c(ccc(c61)[C@@H](N)NC4)[C@@H](O)C#C[C@H]([C@H](O3)n1cc3[nH]cc5c3c1)C1(C#CO2)CCCC1)[C@H](O)[C@@H]1C=C[C@@H](C)C[C@H]1O. The predicted molar refractivity (Wildman–Crippen MR) is 267 cm³/mol. The van der Waals surface area contributed by atoms with Crippen molar-refractivity contribution in [2.75, 3.05) is 12.3 Å². The molecule has 10 bridgehead atoms. The summed E-state index contributed by atoms with van der Waals surface area (Å²) in [6.07, 6.45) is 21.4. The first-order valence-electron chi connectivity index (χ1n) is 24.8. The molecular weight excluding hydrogens is 893 g/mol. The average Bonchev–Trinajstić information content (AvgIpc) is 4.08. The second-order valence-electron chi connectivity index (χ2n) is 20.5. The zero-order valence-electron chi connectivity index (χ0n) is 38.8. The van der Waals surface area contributed by atoms with Gasteiger partial charge in [-0.05, 0) is 65.8 Å². The number of benzene rings is 2. The number of ketones is 1. The molecule has 0 unspecified atom stereocenters. The Hall–Kier alpha value is -4.57. The van der Waals surface area contributed by atoms with Crippen molar-refractivity contribution in [2.24, 2.45) is 34.8 Å². The maximum Gasteiger partial charge on any atom is 0.191 e. The topological polar surface area (TPSA) is 175 Å². The molecule has 0 amide bonds. The van der Waals surface area contributed by atoms with Crippen LogP contribution in [0.25, 0.3) is 10.9 Å². The molecule has 2 aromatic heterocycles. The molecule has 2 spiro atoms. The van der Waals surface area contributed by atoms with Gasteiger partial charge in [-0.25, -0.2) is 0 Å². The number of carbonyl (C=O) groups is 1. The fourth-order valence-corrected chi connectivity index (χ4v) is 15.3. The van der Waals surface area contributed by atoms with Gasteiger partial charge in [0.25, 0.3) is 0 Å². The van der Waals surface area contributed by atoms with Crippen LogP contribution in [0.4, 0.5) is 0 Å². The molecule has 0 radical (unpaired) electrons. The number of H-pyrrole nitrogens is 1. The van der Waals surface area contributed by atoms with E-state index in [4.69, 9.17) is 15.2 Å². The van der Waals surface area contributed by atoms with Gasteiger partial charge in [0.2, 0.25) is 0 Å². The number of Topliss-reactive ketones (excluding diaryl/α,β-unsaturated/α-hetero) is 1. The molecule has 12 rings (SSSR count). The number of aromatic amines is 1. The third-order valence-electron chi connectivity index (χ3n) is 16.3. The van der Waals surface area contributed by atoms with Crippen LogP contribution in [0.1, 0.15) is 141 Å².